The minimum atomic E-state index is -0.183. The van der Waals surface area contributed by atoms with Crippen molar-refractivity contribution in [3.63, 3.8) is 0 Å². The van der Waals surface area contributed by atoms with Crippen LogP contribution in [0.2, 0.25) is 0 Å². The molecule has 0 bridgehead atoms. The summed E-state index contributed by atoms with van der Waals surface area (Å²) in [5, 5.41) is 3.13. The molecule has 17 heavy (non-hydrogen) atoms. The second-order valence-corrected chi connectivity index (χ2v) is 4.19. The Bertz CT molecular complexity index is 520. The second-order valence-electron chi connectivity index (χ2n) is 4.19. The molecule has 0 aliphatic heterocycles. The van der Waals surface area contributed by atoms with E-state index in [4.69, 9.17) is 0 Å². The third-order valence-electron chi connectivity index (χ3n) is 2.81. The summed E-state index contributed by atoms with van der Waals surface area (Å²) >= 11 is 0. The predicted molar refractivity (Wildman–Crippen MR) is 69.3 cm³/mol. The fourth-order valence-electron chi connectivity index (χ4n) is 2.00. The summed E-state index contributed by atoms with van der Waals surface area (Å²) in [5.41, 5.74) is 4.42. The van der Waals surface area contributed by atoms with Gasteiger partial charge in [0, 0.05) is 6.54 Å². The first-order chi connectivity index (χ1) is 8.20. The number of halogens is 1. The van der Waals surface area contributed by atoms with E-state index in [1.807, 2.05) is 26.1 Å². The number of hydrogen-bond acceptors (Lipinski definition) is 1. The van der Waals surface area contributed by atoms with Gasteiger partial charge >= 0.3 is 0 Å². The van der Waals surface area contributed by atoms with E-state index < -0.39 is 0 Å². The number of benzene rings is 2. The second kappa shape index (κ2) is 5.11. The van der Waals surface area contributed by atoms with E-state index in [2.05, 4.69) is 23.5 Å². The van der Waals surface area contributed by atoms with Gasteiger partial charge in [-0.15, -0.1) is 0 Å². The Morgan fingerprint density at radius 1 is 1.12 bits per heavy atom. The highest BCUT2D eigenvalue weighted by Crippen LogP contribution is 2.24. The SMILES string of the molecule is CNCc1cccc(-c2ccc(F)cc2C)c1. The van der Waals surface area contributed by atoms with Gasteiger partial charge in [0.1, 0.15) is 5.82 Å². The molecule has 2 rings (SSSR count). The molecule has 0 aromatic heterocycles. The summed E-state index contributed by atoms with van der Waals surface area (Å²) < 4.78 is 13.1. The zero-order chi connectivity index (χ0) is 12.3. The quantitative estimate of drug-likeness (QED) is 0.849. The van der Waals surface area contributed by atoms with Crippen LogP contribution in [-0.2, 0) is 6.54 Å². The topological polar surface area (TPSA) is 12.0 Å². The summed E-state index contributed by atoms with van der Waals surface area (Å²) in [6, 6.07) is 13.2. The van der Waals surface area contributed by atoms with Crippen LogP contribution in [0.15, 0.2) is 42.5 Å². The van der Waals surface area contributed by atoms with E-state index in [-0.39, 0.29) is 5.82 Å². The molecule has 1 N–H and O–H groups in total. The van der Waals surface area contributed by atoms with Gasteiger partial charge in [0.2, 0.25) is 0 Å². The van der Waals surface area contributed by atoms with E-state index >= 15 is 0 Å². The maximum absolute atomic E-state index is 13.1. The van der Waals surface area contributed by atoms with Gasteiger partial charge in [-0.05, 0) is 54.4 Å². The van der Waals surface area contributed by atoms with Gasteiger partial charge in [-0.2, -0.15) is 0 Å². The lowest BCUT2D eigenvalue weighted by Gasteiger charge is -2.08. The first kappa shape index (κ1) is 11.8. The van der Waals surface area contributed by atoms with E-state index in [0.29, 0.717) is 0 Å². The van der Waals surface area contributed by atoms with Crippen LogP contribution >= 0.6 is 0 Å². The van der Waals surface area contributed by atoms with E-state index in [9.17, 15) is 4.39 Å². The maximum Gasteiger partial charge on any atom is 0.123 e. The average Bonchev–Trinajstić information content (AvgIpc) is 2.29. The van der Waals surface area contributed by atoms with Crippen molar-refractivity contribution >= 4 is 0 Å². The Morgan fingerprint density at radius 3 is 2.65 bits per heavy atom. The molecule has 2 aromatic carbocycles. The molecule has 0 atom stereocenters. The highest BCUT2D eigenvalue weighted by atomic mass is 19.1. The molecule has 0 aliphatic carbocycles. The molecule has 0 saturated heterocycles. The van der Waals surface area contributed by atoms with Gasteiger partial charge in [0.05, 0.1) is 0 Å². The van der Waals surface area contributed by atoms with Gasteiger partial charge in [-0.25, -0.2) is 4.39 Å². The van der Waals surface area contributed by atoms with Crippen molar-refractivity contribution in [1.29, 1.82) is 0 Å². The van der Waals surface area contributed by atoms with Gasteiger partial charge in [-0.3, -0.25) is 0 Å². The Morgan fingerprint density at radius 2 is 1.94 bits per heavy atom. The molecule has 88 valence electrons. The van der Waals surface area contributed by atoms with Gasteiger partial charge in [-0.1, -0.05) is 24.3 Å². The molecule has 0 aliphatic rings. The Balaban J connectivity index is 2.42. The maximum atomic E-state index is 13.1. The van der Waals surface area contributed by atoms with Crippen LogP contribution < -0.4 is 5.32 Å². The highest BCUT2D eigenvalue weighted by molar-refractivity contribution is 5.67. The third-order valence-corrected chi connectivity index (χ3v) is 2.81. The molecule has 2 heteroatoms. The van der Waals surface area contributed by atoms with Gasteiger partial charge < -0.3 is 5.32 Å². The lowest BCUT2D eigenvalue weighted by Crippen LogP contribution is -2.04. The first-order valence-electron chi connectivity index (χ1n) is 5.71. The zero-order valence-corrected chi connectivity index (χ0v) is 10.1. The molecule has 2 aromatic rings. The zero-order valence-electron chi connectivity index (χ0n) is 10.1. The summed E-state index contributed by atoms with van der Waals surface area (Å²) in [5.74, 6) is -0.183. The molecule has 0 amide bonds. The Labute approximate surface area is 101 Å². The number of hydrogen-bond donors (Lipinski definition) is 1. The standard InChI is InChI=1S/C15H16FN/c1-11-8-14(16)6-7-15(11)13-5-3-4-12(9-13)10-17-2/h3-9,17H,10H2,1-2H3. The summed E-state index contributed by atoms with van der Waals surface area (Å²) in [4.78, 5) is 0. The molecule has 0 fully saturated rings. The molecule has 0 unspecified atom stereocenters. The van der Waals surface area contributed by atoms with Crippen LogP contribution in [0.5, 0.6) is 0 Å². The Hall–Kier alpha value is -1.67. The number of nitrogens with one attached hydrogen (secondary N) is 1. The smallest absolute Gasteiger partial charge is 0.123 e. The molecule has 0 heterocycles. The predicted octanol–water partition coefficient (Wildman–Crippen LogP) is 3.52. The fraction of sp³-hybridized carbons (Fsp3) is 0.200. The number of rotatable bonds is 3. The van der Waals surface area contributed by atoms with Crippen LogP contribution in [-0.4, -0.2) is 7.05 Å². The molecule has 1 nitrogen and oxygen atoms in total. The average molecular weight is 229 g/mol. The van der Waals surface area contributed by atoms with Crippen molar-refractivity contribution in [3.05, 3.63) is 59.4 Å². The fourth-order valence-corrected chi connectivity index (χ4v) is 2.00. The molecule has 0 radical (unpaired) electrons. The van der Waals surface area contributed by atoms with Crippen molar-refractivity contribution in [3.8, 4) is 11.1 Å². The minimum absolute atomic E-state index is 0.183. The van der Waals surface area contributed by atoms with Crippen LogP contribution in [0.3, 0.4) is 0 Å². The van der Waals surface area contributed by atoms with E-state index in [0.717, 1.165) is 23.2 Å². The van der Waals surface area contributed by atoms with Crippen LogP contribution in [0.25, 0.3) is 11.1 Å². The summed E-state index contributed by atoms with van der Waals surface area (Å²) in [7, 11) is 1.93. The lowest BCUT2D eigenvalue weighted by molar-refractivity contribution is 0.627. The molecular formula is C15H16FN. The van der Waals surface area contributed by atoms with Crippen molar-refractivity contribution in [2.24, 2.45) is 0 Å². The summed E-state index contributed by atoms with van der Waals surface area (Å²) in [6.07, 6.45) is 0. The van der Waals surface area contributed by atoms with Gasteiger partial charge in [0.15, 0.2) is 0 Å². The van der Waals surface area contributed by atoms with Crippen molar-refractivity contribution < 1.29 is 4.39 Å². The largest absolute Gasteiger partial charge is 0.316 e. The molecular weight excluding hydrogens is 213 g/mol. The number of aryl methyl sites for hydroxylation is 1. The van der Waals surface area contributed by atoms with Crippen molar-refractivity contribution in [2.75, 3.05) is 7.05 Å². The van der Waals surface area contributed by atoms with E-state index in [1.54, 1.807) is 6.07 Å². The van der Waals surface area contributed by atoms with Crippen molar-refractivity contribution in [2.45, 2.75) is 13.5 Å². The van der Waals surface area contributed by atoms with Crippen LogP contribution in [0, 0.1) is 12.7 Å². The minimum Gasteiger partial charge on any atom is -0.316 e. The normalized spacial score (nSPS) is 10.5. The molecule has 0 spiro atoms. The summed E-state index contributed by atoms with van der Waals surface area (Å²) in [6.45, 7) is 2.78. The van der Waals surface area contributed by atoms with Crippen molar-refractivity contribution in [1.82, 2.24) is 5.32 Å². The monoisotopic (exact) mass is 229 g/mol. The highest BCUT2D eigenvalue weighted by Gasteiger charge is 2.03. The molecule has 0 saturated carbocycles. The van der Waals surface area contributed by atoms with Crippen LogP contribution in [0.4, 0.5) is 4.39 Å². The van der Waals surface area contributed by atoms with Crippen LogP contribution in [0.1, 0.15) is 11.1 Å². The Kier molecular flexibility index (Phi) is 3.55. The first-order valence-corrected chi connectivity index (χ1v) is 5.71. The third kappa shape index (κ3) is 2.71. The van der Waals surface area contributed by atoms with E-state index in [1.165, 1.54) is 11.6 Å². The lowest BCUT2D eigenvalue weighted by atomic mass is 9.99. The van der Waals surface area contributed by atoms with Gasteiger partial charge in [0.25, 0.3) is 0 Å².